The third-order valence-corrected chi connectivity index (χ3v) is 2.57. The lowest BCUT2D eigenvalue weighted by Gasteiger charge is -2.25. The van der Waals surface area contributed by atoms with Gasteiger partial charge in [-0.2, -0.15) is 0 Å². The molecule has 3 heteroatoms. The highest BCUT2D eigenvalue weighted by Crippen LogP contribution is 2.19. The first-order chi connectivity index (χ1) is 6.29. The van der Waals surface area contributed by atoms with Gasteiger partial charge in [0.05, 0.1) is 6.10 Å². The van der Waals surface area contributed by atoms with Gasteiger partial charge < -0.3 is 10.4 Å². The van der Waals surface area contributed by atoms with Crippen LogP contribution in [0.1, 0.15) is 47.5 Å². The summed E-state index contributed by atoms with van der Waals surface area (Å²) in [6.45, 7) is 9.50. The standard InChI is InChI=1S/C11H23NO2/c1-6-11(4,5)10(14)12-8(2)7-9(3)13/h8-9,13H,6-7H2,1-5H3,(H,12,14). The summed E-state index contributed by atoms with van der Waals surface area (Å²) in [6.07, 6.45) is 1.06. The van der Waals surface area contributed by atoms with Crippen LogP contribution in [0.4, 0.5) is 0 Å². The highest BCUT2D eigenvalue weighted by Gasteiger charge is 2.26. The molecule has 0 radical (unpaired) electrons. The average Bonchev–Trinajstić information content (AvgIpc) is 2.02. The molecule has 0 aromatic rings. The van der Waals surface area contributed by atoms with Crippen LogP contribution >= 0.6 is 0 Å². The zero-order valence-corrected chi connectivity index (χ0v) is 9.92. The molecule has 0 rings (SSSR count). The molecule has 0 aromatic carbocycles. The Kier molecular flexibility index (Phi) is 5.13. The van der Waals surface area contributed by atoms with E-state index < -0.39 is 0 Å². The zero-order valence-electron chi connectivity index (χ0n) is 9.92. The molecule has 14 heavy (non-hydrogen) atoms. The molecular formula is C11H23NO2. The minimum atomic E-state index is -0.366. The molecule has 0 aromatic heterocycles. The predicted molar refractivity (Wildman–Crippen MR) is 58.0 cm³/mol. The number of nitrogens with one attached hydrogen (secondary N) is 1. The first-order valence-electron chi connectivity index (χ1n) is 5.28. The molecule has 2 N–H and O–H groups in total. The number of hydrogen-bond acceptors (Lipinski definition) is 2. The van der Waals surface area contributed by atoms with Crippen molar-refractivity contribution < 1.29 is 9.90 Å². The molecule has 0 spiro atoms. The second-order valence-electron chi connectivity index (χ2n) is 4.70. The van der Waals surface area contributed by atoms with Gasteiger partial charge in [0, 0.05) is 11.5 Å². The van der Waals surface area contributed by atoms with Crippen molar-refractivity contribution in [1.29, 1.82) is 0 Å². The molecule has 2 atom stereocenters. The van der Waals surface area contributed by atoms with Crippen LogP contribution in [0.15, 0.2) is 0 Å². The van der Waals surface area contributed by atoms with Crippen molar-refractivity contribution in [2.75, 3.05) is 0 Å². The first-order valence-corrected chi connectivity index (χ1v) is 5.28. The largest absolute Gasteiger partial charge is 0.393 e. The summed E-state index contributed by atoms with van der Waals surface area (Å²) in [7, 11) is 0. The number of hydrogen-bond donors (Lipinski definition) is 2. The van der Waals surface area contributed by atoms with Crippen LogP contribution in [0, 0.1) is 5.41 Å². The topological polar surface area (TPSA) is 49.3 Å². The molecule has 0 fully saturated rings. The molecule has 0 aliphatic carbocycles. The smallest absolute Gasteiger partial charge is 0.225 e. The number of aliphatic hydroxyl groups excluding tert-OH is 1. The van der Waals surface area contributed by atoms with Crippen LogP contribution in [-0.2, 0) is 4.79 Å². The van der Waals surface area contributed by atoms with Crippen LogP contribution in [-0.4, -0.2) is 23.2 Å². The second kappa shape index (κ2) is 5.35. The van der Waals surface area contributed by atoms with Gasteiger partial charge in [0.25, 0.3) is 0 Å². The lowest BCUT2D eigenvalue weighted by molar-refractivity contribution is -0.130. The van der Waals surface area contributed by atoms with Crippen LogP contribution in [0.5, 0.6) is 0 Å². The Bertz CT molecular complexity index is 188. The molecule has 0 bridgehead atoms. The summed E-state index contributed by atoms with van der Waals surface area (Å²) < 4.78 is 0. The normalized spacial score (nSPS) is 16.1. The number of carbonyl (C=O) groups is 1. The van der Waals surface area contributed by atoms with Crippen LogP contribution in [0.25, 0.3) is 0 Å². The van der Waals surface area contributed by atoms with Crippen molar-refractivity contribution in [3.8, 4) is 0 Å². The monoisotopic (exact) mass is 201 g/mol. The quantitative estimate of drug-likeness (QED) is 0.711. The Morgan fingerprint density at radius 3 is 2.29 bits per heavy atom. The van der Waals surface area contributed by atoms with Gasteiger partial charge in [-0.05, 0) is 26.7 Å². The summed E-state index contributed by atoms with van der Waals surface area (Å²) in [4.78, 5) is 11.7. The first kappa shape index (κ1) is 13.4. The van der Waals surface area contributed by atoms with E-state index in [1.165, 1.54) is 0 Å². The second-order valence-corrected chi connectivity index (χ2v) is 4.70. The van der Waals surface area contributed by atoms with Gasteiger partial charge in [-0.3, -0.25) is 4.79 Å². The van der Waals surface area contributed by atoms with E-state index in [9.17, 15) is 4.79 Å². The lowest BCUT2D eigenvalue weighted by Crippen LogP contribution is -2.42. The molecule has 0 saturated heterocycles. The van der Waals surface area contributed by atoms with Gasteiger partial charge in [-0.15, -0.1) is 0 Å². The van der Waals surface area contributed by atoms with Crippen molar-refractivity contribution in [3.63, 3.8) is 0 Å². The van der Waals surface area contributed by atoms with Crippen LogP contribution < -0.4 is 5.32 Å². The van der Waals surface area contributed by atoms with Crippen molar-refractivity contribution in [2.24, 2.45) is 5.41 Å². The van der Waals surface area contributed by atoms with E-state index in [2.05, 4.69) is 5.32 Å². The van der Waals surface area contributed by atoms with Gasteiger partial charge in [0.15, 0.2) is 0 Å². The summed E-state index contributed by atoms with van der Waals surface area (Å²) in [6, 6.07) is 0.0355. The van der Waals surface area contributed by atoms with Gasteiger partial charge in [-0.25, -0.2) is 0 Å². The fourth-order valence-corrected chi connectivity index (χ4v) is 1.15. The van der Waals surface area contributed by atoms with E-state index in [4.69, 9.17) is 5.11 Å². The molecule has 3 nitrogen and oxygen atoms in total. The minimum Gasteiger partial charge on any atom is -0.393 e. The van der Waals surface area contributed by atoms with Gasteiger partial charge in [-0.1, -0.05) is 20.8 Å². The maximum Gasteiger partial charge on any atom is 0.225 e. The van der Waals surface area contributed by atoms with Crippen molar-refractivity contribution >= 4 is 5.91 Å². The number of carbonyl (C=O) groups excluding carboxylic acids is 1. The van der Waals surface area contributed by atoms with E-state index in [0.29, 0.717) is 6.42 Å². The summed E-state index contributed by atoms with van der Waals surface area (Å²) in [5.41, 5.74) is -0.313. The van der Waals surface area contributed by atoms with Gasteiger partial charge in [0.1, 0.15) is 0 Å². The molecule has 2 unspecified atom stereocenters. The third-order valence-electron chi connectivity index (χ3n) is 2.57. The Morgan fingerprint density at radius 1 is 1.43 bits per heavy atom. The third kappa shape index (κ3) is 4.61. The molecule has 0 saturated carbocycles. The minimum absolute atomic E-state index is 0.0355. The summed E-state index contributed by atoms with van der Waals surface area (Å²) in [5.74, 6) is 0.0631. The van der Waals surface area contributed by atoms with Crippen molar-refractivity contribution in [2.45, 2.75) is 59.6 Å². The SMILES string of the molecule is CCC(C)(C)C(=O)NC(C)CC(C)O. The molecule has 1 amide bonds. The molecule has 84 valence electrons. The van der Waals surface area contributed by atoms with E-state index in [-0.39, 0.29) is 23.5 Å². The Hall–Kier alpha value is -0.570. The van der Waals surface area contributed by atoms with E-state index in [1.807, 2.05) is 27.7 Å². The Labute approximate surface area is 86.9 Å². The predicted octanol–water partition coefficient (Wildman–Crippen LogP) is 1.70. The highest BCUT2D eigenvalue weighted by atomic mass is 16.3. The molecule has 0 aliphatic rings. The maximum absolute atomic E-state index is 11.7. The summed E-state index contributed by atoms with van der Waals surface area (Å²) in [5, 5.41) is 12.0. The molecule has 0 heterocycles. The maximum atomic E-state index is 11.7. The fourth-order valence-electron chi connectivity index (χ4n) is 1.15. The number of rotatable bonds is 5. The van der Waals surface area contributed by atoms with Crippen LogP contribution in [0.2, 0.25) is 0 Å². The van der Waals surface area contributed by atoms with Crippen molar-refractivity contribution in [1.82, 2.24) is 5.32 Å². The highest BCUT2D eigenvalue weighted by molar-refractivity contribution is 5.81. The number of amides is 1. The lowest BCUT2D eigenvalue weighted by atomic mass is 9.89. The Morgan fingerprint density at radius 2 is 1.93 bits per heavy atom. The van der Waals surface area contributed by atoms with E-state index in [1.54, 1.807) is 6.92 Å². The zero-order chi connectivity index (χ0) is 11.4. The Balaban J connectivity index is 4.06. The number of aliphatic hydroxyl groups is 1. The van der Waals surface area contributed by atoms with Gasteiger partial charge >= 0.3 is 0 Å². The van der Waals surface area contributed by atoms with Crippen molar-refractivity contribution in [3.05, 3.63) is 0 Å². The van der Waals surface area contributed by atoms with E-state index in [0.717, 1.165) is 6.42 Å². The fraction of sp³-hybridized carbons (Fsp3) is 0.909. The van der Waals surface area contributed by atoms with Gasteiger partial charge in [0.2, 0.25) is 5.91 Å². The molecule has 0 aliphatic heterocycles. The summed E-state index contributed by atoms with van der Waals surface area (Å²) >= 11 is 0. The van der Waals surface area contributed by atoms with Crippen LogP contribution in [0.3, 0.4) is 0 Å². The van der Waals surface area contributed by atoms with E-state index >= 15 is 0 Å². The average molecular weight is 201 g/mol. The molecular weight excluding hydrogens is 178 g/mol.